The van der Waals surface area contributed by atoms with Crippen molar-refractivity contribution < 1.29 is 50.7 Å². The van der Waals surface area contributed by atoms with E-state index in [1.165, 1.54) is 24.3 Å². The molecule has 0 saturated carbocycles. The molecule has 1 aliphatic rings. The van der Waals surface area contributed by atoms with Crippen LogP contribution >= 0.6 is 0 Å². The number of amides is 3. The van der Waals surface area contributed by atoms with Crippen molar-refractivity contribution in [2.45, 2.75) is 58.3 Å². The number of hydrogen-bond acceptors (Lipinski definition) is 6. The summed E-state index contributed by atoms with van der Waals surface area (Å²) in [5.41, 5.74) is 0.457. The molecule has 1 fully saturated rings. The highest BCUT2D eigenvalue weighted by Gasteiger charge is 2.64. The van der Waals surface area contributed by atoms with Gasteiger partial charge >= 0.3 is 12.1 Å². The fourth-order valence-corrected chi connectivity index (χ4v) is 3.92. The molecule has 0 bridgehead atoms. The summed E-state index contributed by atoms with van der Waals surface area (Å²) in [6.45, 7) is 7.16. The summed E-state index contributed by atoms with van der Waals surface area (Å²) < 4.78 is 70.4. The van der Waals surface area contributed by atoms with E-state index in [9.17, 15) is 45.9 Å². The van der Waals surface area contributed by atoms with Gasteiger partial charge in [0.2, 0.25) is 11.7 Å². The number of rotatable bonds is 11. The number of ether oxygens (including phenoxy) is 1. The van der Waals surface area contributed by atoms with E-state index in [4.69, 9.17) is 4.74 Å². The van der Waals surface area contributed by atoms with Crippen molar-refractivity contribution in [3.05, 3.63) is 35.4 Å². The van der Waals surface area contributed by atoms with Gasteiger partial charge in [-0.15, -0.1) is 0 Å². The van der Waals surface area contributed by atoms with E-state index in [-0.39, 0.29) is 11.5 Å². The number of Topliss-reactive ketones (excluding diaryl/α,β-unsaturated/α-hetero) is 2. The van der Waals surface area contributed by atoms with Gasteiger partial charge in [0.15, 0.2) is 5.78 Å². The van der Waals surface area contributed by atoms with E-state index in [1.54, 1.807) is 24.1 Å². The SMILES string of the molecule is CC(C)C(NC(=O)CC(=O)[C@@H](NC(=O)c1ccc(C(=O)N2CCOCC2)cc1)C(C)C)C(=O)C(F)(F)C(F)(F)F. The zero-order valence-electron chi connectivity index (χ0n) is 22.4. The summed E-state index contributed by atoms with van der Waals surface area (Å²) in [5.74, 6) is -12.9. The normalized spacial score (nSPS) is 15.9. The van der Waals surface area contributed by atoms with Crippen molar-refractivity contribution in [2.24, 2.45) is 11.8 Å². The Hall–Kier alpha value is -3.42. The lowest BCUT2D eigenvalue weighted by atomic mass is 9.94. The van der Waals surface area contributed by atoms with Gasteiger partial charge in [0.05, 0.1) is 31.7 Å². The van der Waals surface area contributed by atoms with Crippen LogP contribution in [0.15, 0.2) is 24.3 Å². The predicted molar refractivity (Wildman–Crippen MR) is 132 cm³/mol. The molecule has 2 rings (SSSR count). The van der Waals surface area contributed by atoms with Crippen molar-refractivity contribution in [1.29, 1.82) is 0 Å². The molecule has 2 atom stereocenters. The summed E-state index contributed by atoms with van der Waals surface area (Å²) in [6.07, 6.45) is -7.14. The van der Waals surface area contributed by atoms with Gasteiger partial charge in [-0.1, -0.05) is 27.7 Å². The van der Waals surface area contributed by atoms with Crippen LogP contribution in [0.4, 0.5) is 22.0 Å². The van der Waals surface area contributed by atoms with Crippen LogP contribution in [-0.2, 0) is 19.1 Å². The molecular weight excluding hydrogens is 545 g/mol. The molecule has 1 unspecified atom stereocenters. The molecule has 14 heteroatoms. The van der Waals surface area contributed by atoms with Crippen molar-refractivity contribution in [2.75, 3.05) is 26.3 Å². The van der Waals surface area contributed by atoms with E-state index < -0.39 is 65.8 Å². The van der Waals surface area contributed by atoms with Gasteiger partial charge in [-0.05, 0) is 36.1 Å². The molecule has 0 radical (unpaired) electrons. The Kier molecular flexibility index (Phi) is 10.9. The minimum atomic E-state index is -6.15. The molecule has 0 aromatic heterocycles. The van der Waals surface area contributed by atoms with Crippen LogP contribution in [-0.4, -0.2) is 84.7 Å². The van der Waals surface area contributed by atoms with Crippen molar-refractivity contribution in [1.82, 2.24) is 15.5 Å². The predicted octanol–water partition coefficient (Wildman–Crippen LogP) is 2.78. The lowest BCUT2D eigenvalue weighted by Crippen LogP contribution is -2.56. The topological polar surface area (TPSA) is 122 Å². The number of carbonyl (C=O) groups is 5. The maximum absolute atomic E-state index is 13.6. The van der Waals surface area contributed by atoms with E-state index in [2.05, 4.69) is 5.32 Å². The first-order chi connectivity index (χ1) is 18.5. The number of carbonyl (C=O) groups excluding carboxylic acids is 5. The molecule has 9 nitrogen and oxygen atoms in total. The second-order valence-corrected chi connectivity index (χ2v) is 10.0. The third kappa shape index (κ3) is 8.05. The van der Waals surface area contributed by atoms with Crippen molar-refractivity contribution in [3.8, 4) is 0 Å². The average Bonchev–Trinajstić information content (AvgIpc) is 2.88. The lowest BCUT2D eigenvalue weighted by Gasteiger charge is -2.27. The fourth-order valence-electron chi connectivity index (χ4n) is 3.92. The van der Waals surface area contributed by atoms with Crippen LogP contribution in [0.5, 0.6) is 0 Å². The monoisotopic (exact) mass is 577 g/mol. The largest absolute Gasteiger partial charge is 0.461 e. The van der Waals surface area contributed by atoms with Crippen LogP contribution in [0.1, 0.15) is 54.8 Å². The second-order valence-electron chi connectivity index (χ2n) is 10.0. The molecule has 3 amide bonds. The van der Waals surface area contributed by atoms with Crippen LogP contribution in [0, 0.1) is 11.8 Å². The molecule has 2 N–H and O–H groups in total. The number of hydrogen-bond donors (Lipinski definition) is 2. The summed E-state index contributed by atoms with van der Waals surface area (Å²) in [7, 11) is 0. The van der Waals surface area contributed by atoms with Gasteiger partial charge in [-0.25, -0.2) is 0 Å². The fraction of sp³-hybridized carbons (Fsp3) is 0.577. The summed E-state index contributed by atoms with van der Waals surface area (Å²) in [4.78, 5) is 64.1. The minimum absolute atomic E-state index is 0.112. The Morgan fingerprint density at radius 2 is 1.32 bits per heavy atom. The van der Waals surface area contributed by atoms with E-state index >= 15 is 0 Å². The summed E-state index contributed by atoms with van der Waals surface area (Å²) >= 11 is 0. The second kappa shape index (κ2) is 13.3. The number of alkyl halides is 5. The zero-order valence-corrected chi connectivity index (χ0v) is 22.4. The number of halogens is 5. The lowest BCUT2D eigenvalue weighted by molar-refractivity contribution is -0.270. The molecule has 1 aromatic carbocycles. The van der Waals surface area contributed by atoms with Gasteiger partial charge in [0.25, 0.3) is 11.8 Å². The summed E-state index contributed by atoms with van der Waals surface area (Å²) in [6, 6.07) is 2.24. The molecule has 1 aliphatic heterocycles. The van der Waals surface area contributed by atoms with Crippen LogP contribution in [0.25, 0.3) is 0 Å². The van der Waals surface area contributed by atoms with E-state index in [0.29, 0.717) is 31.9 Å². The minimum Gasteiger partial charge on any atom is -0.378 e. The standard InChI is InChI=1S/C26H32F5N3O6/c1-14(2)20(18(35)13-19(36)32-21(15(3)4)22(37)25(27,28)26(29,30)31)33-23(38)16-5-7-17(8-6-16)24(39)34-9-11-40-12-10-34/h5-8,14-15,20-21H,9-13H2,1-4H3,(H,32,36)(H,33,38)/t20-,21?/m0/s1. The molecule has 0 aliphatic carbocycles. The van der Waals surface area contributed by atoms with Gasteiger partial charge in [0.1, 0.15) is 0 Å². The quantitative estimate of drug-likeness (QED) is 0.308. The van der Waals surface area contributed by atoms with Gasteiger partial charge in [0, 0.05) is 24.2 Å². The summed E-state index contributed by atoms with van der Waals surface area (Å²) in [5, 5.41) is 4.28. The Morgan fingerprint density at radius 3 is 1.80 bits per heavy atom. The first kappa shape index (κ1) is 32.8. The Balaban J connectivity index is 2.06. The number of nitrogens with zero attached hydrogens (tertiary/aromatic N) is 1. The first-order valence-corrected chi connectivity index (χ1v) is 12.6. The first-order valence-electron chi connectivity index (χ1n) is 12.6. The average molecular weight is 578 g/mol. The van der Waals surface area contributed by atoms with Crippen LogP contribution < -0.4 is 10.6 Å². The molecular formula is C26H32F5N3O6. The molecule has 222 valence electrons. The maximum Gasteiger partial charge on any atom is 0.461 e. The Bertz CT molecular complexity index is 1100. The van der Waals surface area contributed by atoms with Crippen LogP contribution in [0.3, 0.4) is 0 Å². The van der Waals surface area contributed by atoms with Crippen molar-refractivity contribution in [3.63, 3.8) is 0 Å². The molecule has 0 spiro atoms. The number of benzene rings is 1. The smallest absolute Gasteiger partial charge is 0.378 e. The molecule has 1 heterocycles. The maximum atomic E-state index is 13.6. The zero-order chi connectivity index (χ0) is 30.4. The van der Waals surface area contributed by atoms with E-state index in [1.807, 2.05) is 0 Å². The number of ketones is 2. The van der Waals surface area contributed by atoms with Gasteiger partial charge < -0.3 is 20.3 Å². The molecule has 40 heavy (non-hydrogen) atoms. The Morgan fingerprint density at radius 1 is 0.825 bits per heavy atom. The highest BCUT2D eigenvalue weighted by atomic mass is 19.4. The number of morpholine rings is 1. The molecule has 1 aromatic rings. The number of nitrogens with one attached hydrogen (secondary N) is 2. The van der Waals surface area contributed by atoms with Crippen molar-refractivity contribution >= 4 is 29.3 Å². The highest BCUT2D eigenvalue weighted by molar-refractivity contribution is 6.05. The third-order valence-corrected chi connectivity index (χ3v) is 6.26. The third-order valence-electron chi connectivity index (χ3n) is 6.26. The Labute approximate surface area is 227 Å². The van der Waals surface area contributed by atoms with Crippen LogP contribution in [0.2, 0.25) is 0 Å². The van der Waals surface area contributed by atoms with E-state index in [0.717, 1.165) is 13.8 Å². The van der Waals surface area contributed by atoms with Gasteiger partial charge in [-0.3, -0.25) is 24.0 Å². The highest BCUT2D eigenvalue weighted by Crippen LogP contribution is 2.37. The van der Waals surface area contributed by atoms with Gasteiger partial charge in [-0.2, -0.15) is 22.0 Å². The molecule has 1 saturated heterocycles.